The minimum atomic E-state index is 1.05. The van der Waals surface area contributed by atoms with Crippen LogP contribution in [0.3, 0.4) is 0 Å². The Morgan fingerprint density at radius 2 is 1.20 bits per heavy atom. The first-order valence-corrected chi connectivity index (χ1v) is 7.35. The molecule has 0 radical (unpaired) electrons. The van der Waals surface area contributed by atoms with Crippen LogP contribution in [0.2, 0.25) is 0 Å². The fraction of sp³-hybridized carbons (Fsp3) is 0.0769. The molecule has 0 heterocycles. The summed E-state index contributed by atoms with van der Waals surface area (Å²) in [5.41, 5.74) is 2.82. The molecule has 0 amide bonds. The molecule has 0 aromatic heterocycles. The van der Waals surface area contributed by atoms with Crippen LogP contribution in [0.1, 0.15) is 11.1 Å². The van der Waals surface area contributed by atoms with E-state index < -0.39 is 0 Å². The number of rotatable bonds is 2. The predicted molar refractivity (Wildman–Crippen MR) is 72.0 cm³/mol. The van der Waals surface area contributed by atoms with Crippen molar-refractivity contribution in [3.8, 4) is 0 Å². The van der Waals surface area contributed by atoms with Gasteiger partial charge in [-0.3, -0.25) is 0 Å². The molecular formula is C13H14As2. The third-order valence-electron chi connectivity index (χ3n) is 2.31. The van der Waals surface area contributed by atoms with E-state index in [2.05, 4.69) is 48.5 Å². The van der Waals surface area contributed by atoms with E-state index >= 15 is 0 Å². The molecule has 0 N–H and O–H groups in total. The van der Waals surface area contributed by atoms with Gasteiger partial charge in [-0.05, 0) is 0 Å². The predicted octanol–water partition coefficient (Wildman–Crippen LogP) is -0.206. The van der Waals surface area contributed by atoms with Gasteiger partial charge in [-0.25, -0.2) is 0 Å². The first-order valence-electron chi connectivity index (χ1n) is 4.93. The molecule has 0 aliphatic heterocycles. The standard InChI is InChI=1S/C13H14As2/c14-12-5-1-3-10(8-12)7-11-4-2-6-13(15)9-11/h1-6,8-9H,7,14-15H2. The topological polar surface area (TPSA) is 0 Å². The molecule has 0 aliphatic carbocycles. The molecule has 15 heavy (non-hydrogen) atoms. The second-order valence-electron chi connectivity index (χ2n) is 3.67. The normalized spacial score (nSPS) is 10.3. The third kappa shape index (κ3) is 3.26. The van der Waals surface area contributed by atoms with E-state index in [1.54, 1.807) is 33.7 Å². The SMILES string of the molecule is [AsH2]c1cccc(Cc2cccc([AsH2])c2)c1. The van der Waals surface area contributed by atoms with E-state index in [4.69, 9.17) is 0 Å². The van der Waals surface area contributed by atoms with Crippen molar-refractivity contribution in [1.29, 1.82) is 0 Å². The van der Waals surface area contributed by atoms with Crippen molar-refractivity contribution in [2.45, 2.75) is 6.42 Å². The van der Waals surface area contributed by atoms with E-state index in [1.165, 1.54) is 19.8 Å². The Labute approximate surface area is 108 Å². The van der Waals surface area contributed by atoms with Crippen LogP contribution < -0.4 is 8.70 Å². The van der Waals surface area contributed by atoms with Crippen LogP contribution in [0.25, 0.3) is 0 Å². The van der Waals surface area contributed by atoms with Gasteiger partial charge >= 0.3 is 108 Å². The second-order valence-corrected chi connectivity index (χ2v) is 6.46. The summed E-state index contributed by atoms with van der Waals surface area (Å²) < 4.78 is 2.80. The Bertz CT molecular complexity index is 420. The van der Waals surface area contributed by atoms with Gasteiger partial charge in [-0.1, -0.05) is 0 Å². The van der Waals surface area contributed by atoms with Gasteiger partial charge in [0.1, 0.15) is 0 Å². The molecule has 2 aromatic rings. The van der Waals surface area contributed by atoms with Crippen molar-refractivity contribution in [2.24, 2.45) is 0 Å². The van der Waals surface area contributed by atoms with Gasteiger partial charge in [0.2, 0.25) is 0 Å². The van der Waals surface area contributed by atoms with Crippen molar-refractivity contribution < 1.29 is 0 Å². The third-order valence-corrected chi connectivity index (χ3v) is 3.82. The summed E-state index contributed by atoms with van der Waals surface area (Å²) in [6.07, 6.45) is 1.05. The molecule has 0 fully saturated rings. The number of benzene rings is 2. The fourth-order valence-electron chi connectivity index (χ4n) is 1.64. The number of hydrogen-bond donors (Lipinski definition) is 0. The van der Waals surface area contributed by atoms with Crippen molar-refractivity contribution in [3.05, 3.63) is 59.7 Å². The molecule has 0 saturated heterocycles. The van der Waals surface area contributed by atoms with Crippen LogP contribution in [0.15, 0.2) is 48.5 Å². The zero-order chi connectivity index (χ0) is 10.7. The van der Waals surface area contributed by atoms with Gasteiger partial charge in [0.15, 0.2) is 0 Å². The van der Waals surface area contributed by atoms with Crippen LogP contribution in [-0.4, -0.2) is 33.7 Å². The van der Waals surface area contributed by atoms with Crippen molar-refractivity contribution in [2.75, 3.05) is 0 Å². The number of hydrogen-bond acceptors (Lipinski definition) is 0. The molecule has 2 unspecified atom stereocenters. The van der Waals surface area contributed by atoms with Gasteiger partial charge in [-0.15, -0.1) is 0 Å². The summed E-state index contributed by atoms with van der Waals surface area (Å²) in [6, 6.07) is 17.6. The van der Waals surface area contributed by atoms with Crippen molar-refractivity contribution in [3.63, 3.8) is 0 Å². The molecule has 0 nitrogen and oxygen atoms in total. The minimum absolute atomic E-state index is 1.05. The van der Waals surface area contributed by atoms with Crippen LogP contribution in [0.5, 0.6) is 0 Å². The van der Waals surface area contributed by atoms with Crippen LogP contribution in [0.4, 0.5) is 0 Å². The molecule has 2 atom stereocenters. The average molecular weight is 320 g/mol. The summed E-state index contributed by atoms with van der Waals surface area (Å²) in [6.45, 7) is 0. The molecule has 0 bridgehead atoms. The Hall–Kier alpha value is -0.443. The van der Waals surface area contributed by atoms with E-state index in [1.807, 2.05) is 0 Å². The van der Waals surface area contributed by atoms with E-state index in [9.17, 15) is 0 Å². The van der Waals surface area contributed by atoms with Gasteiger partial charge in [0.25, 0.3) is 0 Å². The molecular weight excluding hydrogens is 306 g/mol. The quantitative estimate of drug-likeness (QED) is 0.672. The summed E-state index contributed by atoms with van der Waals surface area (Å²) in [5.74, 6) is 0. The van der Waals surface area contributed by atoms with Gasteiger partial charge in [-0.2, -0.15) is 0 Å². The van der Waals surface area contributed by atoms with Crippen LogP contribution in [-0.2, 0) is 6.42 Å². The maximum absolute atomic E-state index is 2.29. The Kier molecular flexibility index (Phi) is 3.73. The zero-order valence-corrected chi connectivity index (χ0v) is 13.3. The monoisotopic (exact) mass is 320 g/mol. The van der Waals surface area contributed by atoms with Crippen LogP contribution >= 0.6 is 0 Å². The molecule has 0 spiro atoms. The van der Waals surface area contributed by atoms with E-state index in [0.717, 1.165) is 6.42 Å². The summed E-state index contributed by atoms with van der Waals surface area (Å²) >= 11 is 3.38. The van der Waals surface area contributed by atoms with Crippen LogP contribution in [0, 0.1) is 0 Å². The first kappa shape index (κ1) is 11.1. The maximum atomic E-state index is 2.29. The van der Waals surface area contributed by atoms with Gasteiger partial charge < -0.3 is 0 Å². The Balaban J connectivity index is 2.22. The molecule has 2 rings (SSSR count). The molecule has 2 aromatic carbocycles. The molecule has 0 saturated carbocycles. The summed E-state index contributed by atoms with van der Waals surface area (Å²) in [5, 5.41) is 0. The van der Waals surface area contributed by atoms with Gasteiger partial charge in [0.05, 0.1) is 0 Å². The second kappa shape index (κ2) is 5.06. The van der Waals surface area contributed by atoms with E-state index in [0.29, 0.717) is 0 Å². The Morgan fingerprint density at radius 3 is 1.60 bits per heavy atom. The molecule has 76 valence electrons. The molecule has 2 heteroatoms. The first-order chi connectivity index (χ1) is 7.24. The average Bonchev–Trinajstić information content (AvgIpc) is 2.17. The fourth-order valence-corrected chi connectivity index (χ4v) is 3.01. The summed E-state index contributed by atoms with van der Waals surface area (Å²) in [4.78, 5) is 0. The summed E-state index contributed by atoms with van der Waals surface area (Å²) in [7, 11) is 0. The Morgan fingerprint density at radius 1 is 0.733 bits per heavy atom. The van der Waals surface area contributed by atoms with E-state index in [-0.39, 0.29) is 0 Å². The van der Waals surface area contributed by atoms with Crippen molar-refractivity contribution >= 4 is 42.4 Å². The molecule has 0 aliphatic rings. The zero-order valence-electron chi connectivity index (χ0n) is 8.48. The van der Waals surface area contributed by atoms with Gasteiger partial charge in [0, 0.05) is 0 Å². The van der Waals surface area contributed by atoms with Crippen molar-refractivity contribution in [1.82, 2.24) is 0 Å².